The van der Waals surface area contributed by atoms with Crippen molar-refractivity contribution in [3.8, 4) is 0 Å². The van der Waals surface area contributed by atoms with Crippen molar-refractivity contribution in [3.63, 3.8) is 0 Å². The number of rotatable bonds is 5. The maximum absolute atomic E-state index is 11.8. The lowest BCUT2D eigenvalue weighted by atomic mass is 10.1. The first-order valence-electron chi connectivity index (χ1n) is 6.60. The highest BCUT2D eigenvalue weighted by molar-refractivity contribution is 7.16. The zero-order valence-electron chi connectivity index (χ0n) is 11.9. The number of nitrogens with one attached hydrogen (secondary N) is 1. The quantitative estimate of drug-likeness (QED) is 0.634. The van der Waals surface area contributed by atoms with Crippen LogP contribution in [-0.4, -0.2) is 12.6 Å². The molecule has 0 saturated heterocycles. The summed E-state index contributed by atoms with van der Waals surface area (Å²) >= 11 is 7.46. The van der Waals surface area contributed by atoms with E-state index >= 15 is 0 Å². The topological polar surface area (TPSA) is 64.3 Å². The van der Waals surface area contributed by atoms with Gasteiger partial charge in [-0.3, -0.25) is 0 Å². The number of carbonyl (C=O) groups is 1. The number of para-hydroxylation sites is 1. The van der Waals surface area contributed by atoms with Gasteiger partial charge in [-0.15, -0.1) is 11.3 Å². The number of thiophene rings is 1. The zero-order valence-corrected chi connectivity index (χ0v) is 13.4. The van der Waals surface area contributed by atoms with Crippen LogP contribution in [0.25, 0.3) is 0 Å². The molecule has 1 aromatic carbocycles. The summed E-state index contributed by atoms with van der Waals surface area (Å²) in [4.78, 5) is 12.9. The van der Waals surface area contributed by atoms with Crippen LogP contribution in [0.5, 0.6) is 0 Å². The summed E-state index contributed by atoms with van der Waals surface area (Å²) in [5.41, 5.74) is 7.53. The summed E-state index contributed by atoms with van der Waals surface area (Å²) in [7, 11) is 0. The molecule has 1 atom stereocenters. The minimum absolute atomic E-state index is 0.0437. The van der Waals surface area contributed by atoms with Gasteiger partial charge in [0.05, 0.1) is 33.9 Å². The monoisotopic (exact) mass is 324 g/mol. The third kappa shape index (κ3) is 3.68. The Morgan fingerprint density at radius 3 is 2.81 bits per heavy atom. The van der Waals surface area contributed by atoms with Gasteiger partial charge in [-0.05, 0) is 38.1 Å². The van der Waals surface area contributed by atoms with Crippen LogP contribution in [0, 0.1) is 0 Å². The second-order valence-electron chi connectivity index (χ2n) is 4.50. The molecule has 0 aliphatic heterocycles. The Balaban J connectivity index is 2.20. The number of ether oxygens (including phenoxy) is 1. The van der Waals surface area contributed by atoms with Crippen molar-refractivity contribution in [2.75, 3.05) is 17.7 Å². The third-order valence-corrected chi connectivity index (χ3v) is 4.41. The Bertz CT molecular complexity index is 642. The molecule has 0 bridgehead atoms. The molecule has 0 fully saturated rings. The van der Waals surface area contributed by atoms with Crippen LogP contribution in [0.2, 0.25) is 4.34 Å². The largest absolute Gasteiger partial charge is 0.462 e. The van der Waals surface area contributed by atoms with E-state index in [0.717, 1.165) is 9.21 Å². The van der Waals surface area contributed by atoms with Crippen molar-refractivity contribution in [2.45, 2.75) is 19.9 Å². The number of carbonyl (C=O) groups excluding carboxylic acids is 1. The number of halogens is 1. The van der Waals surface area contributed by atoms with Crippen molar-refractivity contribution in [2.24, 2.45) is 0 Å². The molecule has 0 radical (unpaired) electrons. The van der Waals surface area contributed by atoms with Gasteiger partial charge in [-0.1, -0.05) is 17.7 Å². The number of esters is 1. The van der Waals surface area contributed by atoms with Crippen LogP contribution < -0.4 is 11.1 Å². The van der Waals surface area contributed by atoms with Crippen LogP contribution in [-0.2, 0) is 4.74 Å². The third-order valence-electron chi connectivity index (χ3n) is 2.99. The van der Waals surface area contributed by atoms with Crippen LogP contribution in [0.15, 0.2) is 30.3 Å². The van der Waals surface area contributed by atoms with Crippen LogP contribution in [0.4, 0.5) is 11.4 Å². The Labute approximate surface area is 132 Å². The molecule has 0 aliphatic rings. The fraction of sp³-hybridized carbons (Fsp3) is 0.267. The van der Waals surface area contributed by atoms with Gasteiger partial charge in [0.1, 0.15) is 0 Å². The lowest BCUT2D eigenvalue weighted by molar-refractivity contribution is 0.0527. The minimum Gasteiger partial charge on any atom is -0.462 e. The predicted molar refractivity (Wildman–Crippen MR) is 88.2 cm³/mol. The van der Waals surface area contributed by atoms with E-state index in [1.54, 1.807) is 19.1 Å². The van der Waals surface area contributed by atoms with E-state index in [1.165, 1.54) is 11.3 Å². The first kappa shape index (κ1) is 15.7. The summed E-state index contributed by atoms with van der Waals surface area (Å²) in [6.07, 6.45) is 0. The number of anilines is 2. The molecule has 3 N–H and O–H groups in total. The van der Waals surface area contributed by atoms with Gasteiger partial charge in [0.2, 0.25) is 0 Å². The van der Waals surface area contributed by atoms with Crippen LogP contribution in [0.3, 0.4) is 0 Å². The van der Waals surface area contributed by atoms with E-state index in [0.29, 0.717) is 23.5 Å². The maximum atomic E-state index is 11.8. The smallest absolute Gasteiger partial charge is 0.340 e. The minimum atomic E-state index is -0.412. The van der Waals surface area contributed by atoms with Crippen molar-refractivity contribution in [1.29, 1.82) is 0 Å². The first-order chi connectivity index (χ1) is 10.0. The molecule has 0 spiro atoms. The normalized spacial score (nSPS) is 12.0. The molecule has 4 nitrogen and oxygen atoms in total. The zero-order chi connectivity index (χ0) is 15.4. The van der Waals surface area contributed by atoms with Crippen molar-refractivity contribution in [1.82, 2.24) is 0 Å². The van der Waals surface area contributed by atoms with Gasteiger partial charge >= 0.3 is 5.97 Å². The van der Waals surface area contributed by atoms with Crippen molar-refractivity contribution in [3.05, 3.63) is 45.1 Å². The average Bonchev–Trinajstić information content (AvgIpc) is 2.88. The number of hydrogen-bond acceptors (Lipinski definition) is 5. The van der Waals surface area contributed by atoms with Crippen LogP contribution >= 0.6 is 22.9 Å². The Morgan fingerprint density at radius 2 is 2.19 bits per heavy atom. The SMILES string of the molecule is CCOC(=O)c1cccc(NC(C)c2ccc(Cl)s2)c1N. The molecule has 0 aliphatic carbocycles. The predicted octanol–water partition coefficient (Wildman–Crippen LogP) is 4.33. The molecule has 1 heterocycles. The van der Waals surface area contributed by atoms with Gasteiger partial charge in [0, 0.05) is 4.88 Å². The Kier molecular flexibility index (Phi) is 5.09. The molecular weight excluding hydrogens is 308 g/mol. The second kappa shape index (κ2) is 6.83. The molecule has 0 amide bonds. The molecule has 1 aromatic heterocycles. The van der Waals surface area contributed by atoms with Gasteiger partial charge in [-0.2, -0.15) is 0 Å². The number of benzene rings is 1. The van der Waals surface area contributed by atoms with E-state index in [1.807, 2.05) is 25.1 Å². The number of hydrogen-bond donors (Lipinski definition) is 2. The average molecular weight is 325 g/mol. The molecular formula is C15H17ClN2O2S. The summed E-state index contributed by atoms with van der Waals surface area (Å²) in [6, 6.07) is 9.14. The molecule has 0 saturated carbocycles. The van der Waals surface area contributed by atoms with Gasteiger partial charge < -0.3 is 15.8 Å². The molecule has 2 aromatic rings. The standard InChI is InChI=1S/C15H17ClN2O2S/c1-3-20-15(19)10-5-4-6-11(14(10)17)18-9(2)12-7-8-13(16)21-12/h4-9,18H,3,17H2,1-2H3. The van der Waals surface area contributed by atoms with E-state index < -0.39 is 5.97 Å². The lowest BCUT2D eigenvalue weighted by Crippen LogP contribution is -2.12. The van der Waals surface area contributed by atoms with Gasteiger partial charge in [0.25, 0.3) is 0 Å². The molecule has 1 unspecified atom stereocenters. The lowest BCUT2D eigenvalue weighted by Gasteiger charge is -2.17. The molecule has 112 valence electrons. The maximum Gasteiger partial charge on any atom is 0.340 e. The fourth-order valence-electron chi connectivity index (χ4n) is 1.94. The van der Waals surface area contributed by atoms with Crippen molar-refractivity contribution >= 4 is 40.3 Å². The molecule has 2 rings (SSSR count). The summed E-state index contributed by atoms with van der Waals surface area (Å²) in [5.74, 6) is -0.412. The van der Waals surface area contributed by atoms with Crippen LogP contribution in [0.1, 0.15) is 35.1 Å². The summed E-state index contributed by atoms with van der Waals surface area (Å²) < 4.78 is 5.74. The summed E-state index contributed by atoms with van der Waals surface area (Å²) in [5, 5.41) is 3.30. The highest BCUT2D eigenvalue weighted by atomic mass is 35.5. The Hall–Kier alpha value is -1.72. The van der Waals surface area contributed by atoms with Crippen molar-refractivity contribution < 1.29 is 9.53 Å². The highest BCUT2D eigenvalue weighted by Gasteiger charge is 2.15. The Morgan fingerprint density at radius 1 is 1.43 bits per heavy atom. The summed E-state index contributed by atoms with van der Waals surface area (Å²) in [6.45, 7) is 4.09. The second-order valence-corrected chi connectivity index (χ2v) is 6.24. The molecule has 6 heteroatoms. The fourth-order valence-corrected chi connectivity index (χ4v) is 3.01. The van der Waals surface area contributed by atoms with E-state index in [-0.39, 0.29) is 6.04 Å². The molecule has 21 heavy (non-hydrogen) atoms. The number of nitrogens with two attached hydrogens (primary N) is 1. The number of nitrogen functional groups attached to an aromatic ring is 1. The first-order valence-corrected chi connectivity index (χ1v) is 7.79. The van der Waals surface area contributed by atoms with E-state index in [4.69, 9.17) is 22.1 Å². The van der Waals surface area contributed by atoms with E-state index in [9.17, 15) is 4.79 Å². The van der Waals surface area contributed by atoms with Gasteiger partial charge in [0.15, 0.2) is 0 Å². The van der Waals surface area contributed by atoms with E-state index in [2.05, 4.69) is 5.32 Å². The highest BCUT2D eigenvalue weighted by Crippen LogP contribution is 2.31. The van der Waals surface area contributed by atoms with Gasteiger partial charge in [-0.25, -0.2) is 4.79 Å².